The van der Waals surface area contributed by atoms with Crippen LogP contribution in [0.5, 0.6) is 0 Å². The fourth-order valence-electron chi connectivity index (χ4n) is 4.14. The summed E-state index contributed by atoms with van der Waals surface area (Å²) in [7, 11) is 0. The highest BCUT2D eigenvalue weighted by Crippen LogP contribution is 2.45. The van der Waals surface area contributed by atoms with Gasteiger partial charge in [-0.1, -0.05) is 6.92 Å². The van der Waals surface area contributed by atoms with Gasteiger partial charge in [0.2, 0.25) is 0 Å². The number of benzene rings is 1. The molecule has 0 bridgehead atoms. The van der Waals surface area contributed by atoms with Gasteiger partial charge in [-0.25, -0.2) is 9.97 Å². The van der Waals surface area contributed by atoms with Crippen molar-refractivity contribution in [2.45, 2.75) is 45.8 Å². The number of carbonyl (C=O) groups is 1. The summed E-state index contributed by atoms with van der Waals surface area (Å²) in [5, 5.41) is 3.23. The maximum atomic E-state index is 12.7. The second kappa shape index (κ2) is 5.81. The molecular weight excluding hydrogens is 302 g/mol. The molecule has 2 heterocycles. The summed E-state index contributed by atoms with van der Waals surface area (Å²) >= 11 is 0. The minimum absolute atomic E-state index is 0.0225. The Hall–Kier alpha value is -2.01. The van der Waals surface area contributed by atoms with Crippen molar-refractivity contribution in [1.29, 1.82) is 0 Å². The van der Waals surface area contributed by atoms with Gasteiger partial charge in [-0.15, -0.1) is 0 Å². The topological polar surface area (TPSA) is 64.1 Å². The molecule has 5 nitrogen and oxygen atoms in total. The van der Waals surface area contributed by atoms with E-state index in [0.717, 1.165) is 41.9 Å². The number of hydrogen-bond donors (Lipinski definition) is 1. The summed E-state index contributed by atoms with van der Waals surface area (Å²) in [6, 6.07) is 5.79. The Bertz CT molecular complexity index is 805. The van der Waals surface area contributed by atoms with E-state index in [0.29, 0.717) is 23.5 Å². The Morgan fingerprint density at radius 1 is 1.25 bits per heavy atom. The Labute approximate surface area is 141 Å². The number of carbonyl (C=O) groups excluding carboxylic acids is 1. The van der Waals surface area contributed by atoms with Gasteiger partial charge in [0, 0.05) is 30.0 Å². The average molecular weight is 325 g/mol. The van der Waals surface area contributed by atoms with Gasteiger partial charge in [-0.05, 0) is 44.9 Å². The first-order chi connectivity index (χ1) is 11.6. The molecule has 1 saturated heterocycles. The third-order valence-electron chi connectivity index (χ3n) is 5.63. The van der Waals surface area contributed by atoms with Crippen LogP contribution in [-0.2, 0) is 4.74 Å². The van der Waals surface area contributed by atoms with Crippen molar-refractivity contribution in [2.24, 2.45) is 11.8 Å². The van der Waals surface area contributed by atoms with E-state index in [1.54, 1.807) is 0 Å². The van der Waals surface area contributed by atoms with Gasteiger partial charge in [0.1, 0.15) is 0 Å². The minimum atomic E-state index is -0.0225. The Kier molecular flexibility index (Phi) is 3.76. The predicted octanol–water partition coefficient (Wildman–Crippen LogP) is 2.79. The molecule has 24 heavy (non-hydrogen) atoms. The van der Waals surface area contributed by atoms with Crippen LogP contribution in [0.1, 0.15) is 41.5 Å². The van der Waals surface area contributed by atoms with Crippen LogP contribution in [0.15, 0.2) is 18.2 Å². The van der Waals surface area contributed by atoms with Gasteiger partial charge in [0.05, 0.1) is 28.5 Å². The molecule has 4 rings (SSSR count). The van der Waals surface area contributed by atoms with Crippen molar-refractivity contribution >= 4 is 16.9 Å². The summed E-state index contributed by atoms with van der Waals surface area (Å²) in [6.07, 6.45) is 2.43. The standard InChI is InChI=1S/C19H23N3O2/c1-4-13-17(14-7-8-24-18(13)14)22-19(23)12-5-6-15-16(9-12)21-11(3)10(2)20-15/h5-6,9,13-14,17-18H,4,7-8H2,1-3H3,(H,22,23)/t13-,14+,17-,18-/m1/s1. The molecule has 1 saturated carbocycles. The van der Waals surface area contributed by atoms with Gasteiger partial charge < -0.3 is 10.1 Å². The van der Waals surface area contributed by atoms with E-state index in [4.69, 9.17) is 4.74 Å². The number of fused-ring (bicyclic) bond motifs is 2. The SMILES string of the molecule is CC[C@@H]1[C@@H](NC(=O)c2ccc3nc(C)c(C)nc3c2)[C@@H]2CCO[C@H]12. The van der Waals surface area contributed by atoms with Gasteiger partial charge in [0.25, 0.3) is 5.91 Å². The third-order valence-corrected chi connectivity index (χ3v) is 5.63. The number of rotatable bonds is 3. The lowest BCUT2D eigenvalue weighted by molar-refractivity contribution is -0.0545. The molecule has 0 radical (unpaired) electrons. The van der Waals surface area contributed by atoms with Crippen molar-refractivity contribution in [3.8, 4) is 0 Å². The summed E-state index contributed by atoms with van der Waals surface area (Å²) in [5.74, 6) is 0.890. The van der Waals surface area contributed by atoms with E-state index in [9.17, 15) is 4.79 Å². The molecule has 2 aromatic rings. The summed E-state index contributed by atoms with van der Waals surface area (Å²) in [5.41, 5.74) is 4.07. The van der Waals surface area contributed by atoms with E-state index < -0.39 is 0 Å². The molecule has 5 heteroatoms. The largest absolute Gasteiger partial charge is 0.377 e. The number of nitrogens with one attached hydrogen (secondary N) is 1. The quantitative estimate of drug-likeness (QED) is 0.942. The van der Waals surface area contributed by atoms with Crippen molar-refractivity contribution in [1.82, 2.24) is 15.3 Å². The van der Waals surface area contributed by atoms with Crippen molar-refractivity contribution in [3.05, 3.63) is 35.2 Å². The van der Waals surface area contributed by atoms with Gasteiger partial charge in [-0.3, -0.25) is 4.79 Å². The van der Waals surface area contributed by atoms with Crippen LogP contribution < -0.4 is 5.32 Å². The monoisotopic (exact) mass is 325 g/mol. The van der Waals surface area contributed by atoms with E-state index >= 15 is 0 Å². The van der Waals surface area contributed by atoms with Gasteiger partial charge in [-0.2, -0.15) is 0 Å². The zero-order valence-electron chi connectivity index (χ0n) is 14.4. The number of nitrogens with zero attached hydrogens (tertiary/aromatic N) is 2. The summed E-state index contributed by atoms with van der Waals surface area (Å²) in [4.78, 5) is 21.8. The highest BCUT2D eigenvalue weighted by atomic mass is 16.5. The number of amides is 1. The Morgan fingerprint density at radius 3 is 2.75 bits per heavy atom. The zero-order chi connectivity index (χ0) is 16.8. The molecular formula is C19H23N3O2. The fraction of sp³-hybridized carbons (Fsp3) is 0.526. The lowest BCUT2D eigenvalue weighted by Crippen LogP contribution is -2.61. The molecule has 4 atom stereocenters. The van der Waals surface area contributed by atoms with Crippen LogP contribution in [0.2, 0.25) is 0 Å². The minimum Gasteiger partial charge on any atom is -0.377 e. The first kappa shape index (κ1) is 15.5. The molecule has 1 aromatic heterocycles. The first-order valence-corrected chi connectivity index (χ1v) is 8.76. The normalized spacial score (nSPS) is 28.5. The number of ether oxygens (including phenoxy) is 1. The van der Waals surface area contributed by atoms with Crippen LogP contribution in [0, 0.1) is 25.7 Å². The van der Waals surface area contributed by atoms with Crippen molar-refractivity contribution in [3.63, 3.8) is 0 Å². The zero-order valence-corrected chi connectivity index (χ0v) is 14.4. The first-order valence-electron chi connectivity index (χ1n) is 8.76. The van der Waals surface area contributed by atoms with Crippen LogP contribution >= 0.6 is 0 Å². The number of hydrogen-bond acceptors (Lipinski definition) is 4. The van der Waals surface area contributed by atoms with Crippen molar-refractivity contribution in [2.75, 3.05) is 6.61 Å². The van der Waals surface area contributed by atoms with E-state index in [1.807, 2.05) is 32.0 Å². The second-order valence-corrected chi connectivity index (χ2v) is 6.96. The lowest BCUT2D eigenvalue weighted by Gasteiger charge is -2.47. The molecule has 2 aliphatic rings. The maximum absolute atomic E-state index is 12.7. The molecule has 1 aliphatic carbocycles. The molecule has 2 fully saturated rings. The average Bonchev–Trinajstić information content (AvgIpc) is 2.98. The fourth-order valence-corrected chi connectivity index (χ4v) is 4.14. The predicted molar refractivity (Wildman–Crippen MR) is 91.9 cm³/mol. The lowest BCUT2D eigenvalue weighted by atomic mass is 9.65. The molecule has 0 unspecified atom stereocenters. The molecule has 1 aromatic carbocycles. The van der Waals surface area contributed by atoms with Gasteiger partial charge in [0.15, 0.2) is 0 Å². The van der Waals surface area contributed by atoms with Crippen LogP contribution in [-0.4, -0.2) is 34.6 Å². The second-order valence-electron chi connectivity index (χ2n) is 6.96. The Balaban J connectivity index is 1.56. The van der Waals surface area contributed by atoms with Crippen LogP contribution in [0.25, 0.3) is 11.0 Å². The van der Waals surface area contributed by atoms with Crippen LogP contribution in [0.3, 0.4) is 0 Å². The molecule has 1 N–H and O–H groups in total. The van der Waals surface area contributed by atoms with Gasteiger partial charge >= 0.3 is 0 Å². The summed E-state index contributed by atoms with van der Waals surface area (Å²) in [6.45, 7) is 6.87. The highest BCUT2D eigenvalue weighted by Gasteiger charge is 2.53. The number of aryl methyl sites for hydroxylation is 2. The molecule has 1 aliphatic heterocycles. The van der Waals surface area contributed by atoms with E-state index in [2.05, 4.69) is 22.2 Å². The maximum Gasteiger partial charge on any atom is 0.251 e. The Morgan fingerprint density at radius 2 is 2.00 bits per heavy atom. The smallest absolute Gasteiger partial charge is 0.251 e. The molecule has 126 valence electrons. The highest BCUT2D eigenvalue weighted by molar-refractivity contribution is 5.97. The third kappa shape index (κ3) is 2.38. The molecule has 1 amide bonds. The van der Waals surface area contributed by atoms with E-state index in [-0.39, 0.29) is 11.9 Å². The van der Waals surface area contributed by atoms with Crippen LogP contribution in [0.4, 0.5) is 0 Å². The number of aromatic nitrogens is 2. The summed E-state index contributed by atoms with van der Waals surface area (Å²) < 4.78 is 5.79. The van der Waals surface area contributed by atoms with Crippen molar-refractivity contribution < 1.29 is 9.53 Å². The molecule has 0 spiro atoms. The van der Waals surface area contributed by atoms with E-state index in [1.165, 1.54) is 0 Å².